The summed E-state index contributed by atoms with van der Waals surface area (Å²) < 4.78 is 5.73. The molecule has 2 N–H and O–H groups in total. The monoisotopic (exact) mass is 340 g/mol. The summed E-state index contributed by atoms with van der Waals surface area (Å²) in [5.74, 6) is -0.0124. The first kappa shape index (κ1) is 17.9. The molecule has 0 bridgehead atoms. The standard InChI is InChI=1S/C21H28N2O2/c1-5-25-18-13-21(22,20(18,2)3)19(24)23(4)14-15-10-11-16-8-6-7-9-17(16)12-15/h6-12,18H,5,13-14,22H2,1-4H3. The average Bonchev–Trinajstić information content (AvgIpc) is 2.60. The molecule has 1 saturated carbocycles. The number of carbonyl (C=O) groups excluding carboxylic acids is 1. The van der Waals surface area contributed by atoms with E-state index in [0.29, 0.717) is 19.6 Å². The van der Waals surface area contributed by atoms with Crippen molar-refractivity contribution in [1.29, 1.82) is 0 Å². The summed E-state index contributed by atoms with van der Waals surface area (Å²) in [6.45, 7) is 7.22. The highest BCUT2D eigenvalue weighted by atomic mass is 16.5. The highest BCUT2D eigenvalue weighted by Crippen LogP contribution is 2.50. The number of rotatable bonds is 5. The fourth-order valence-corrected chi connectivity index (χ4v) is 3.82. The molecule has 0 saturated heterocycles. The van der Waals surface area contributed by atoms with E-state index in [1.807, 2.05) is 40.0 Å². The largest absolute Gasteiger partial charge is 0.378 e. The van der Waals surface area contributed by atoms with Crippen molar-refractivity contribution in [3.8, 4) is 0 Å². The van der Waals surface area contributed by atoms with E-state index in [2.05, 4.69) is 30.3 Å². The highest BCUT2D eigenvalue weighted by Gasteiger charge is 2.63. The minimum absolute atomic E-state index is 0.0124. The van der Waals surface area contributed by atoms with Crippen molar-refractivity contribution in [1.82, 2.24) is 4.90 Å². The molecular formula is C21H28N2O2. The van der Waals surface area contributed by atoms with Gasteiger partial charge in [0.25, 0.3) is 0 Å². The van der Waals surface area contributed by atoms with Crippen LogP contribution >= 0.6 is 0 Å². The third-order valence-electron chi connectivity index (χ3n) is 5.79. The first-order valence-corrected chi connectivity index (χ1v) is 8.93. The molecule has 1 fully saturated rings. The Balaban J connectivity index is 1.74. The first-order valence-electron chi connectivity index (χ1n) is 8.93. The lowest BCUT2D eigenvalue weighted by atomic mass is 9.54. The Morgan fingerprint density at radius 1 is 1.24 bits per heavy atom. The molecule has 1 aliphatic carbocycles. The van der Waals surface area contributed by atoms with Gasteiger partial charge in [-0.25, -0.2) is 0 Å². The van der Waals surface area contributed by atoms with E-state index < -0.39 is 5.54 Å². The third-order valence-corrected chi connectivity index (χ3v) is 5.79. The topological polar surface area (TPSA) is 55.6 Å². The normalized spacial score (nSPS) is 24.8. The molecule has 4 heteroatoms. The summed E-state index contributed by atoms with van der Waals surface area (Å²) in [4.78, 5) is 14.8. The number of carbonyl (C=O) groups is 1. The van der Waals surface area contributed by atoms with Crippen molar-refractivity contribution in [3.63, 3.8) is 0 Å². The van der Waals surface area contributed by atoms with Gasteiger partial charge in [0.15, 0.2) is 0 Å². The van der Waals surface area contributed by atoms with Gasteiger partial charge in [-0.05, 0) is 29.3 Å². The number of hydrogen-bond acceptors (Lipinski definition) is 3. The first-order chi connectivity index (χ1) is 11.8. The van der Waals surface area contributed by atoms with Crippen LogP contribution in [0.3, 0.4) is 0 Å². The molecule has 4 nitrogen and oxygen atoms in total. The highest BCUT2D eigenvalue weighted by molar-refractivity contribution is 5.89. The van der Waals surface area contributed by atoms with E-state index in [-0.39, 0.29) is 17.4 Å². The van der Waals surface area contributed by atoms with Crippen molar-refractivity contribution in [2.75, 3.05) is 13.7 Å². The molecule has 2 atom stereocenters. The van der Waals surface area contributed by atoms with Gasteiger partial charge in [0.1, 0.15) is 5.54 Å². The summed E-state index contributed by atoms with van der Waals surface area (Å²) >= 11 is 0. The smallest absolute Gasteiger partial charge is 0.243 e. The molecule has 2 aromatic rings. The maximum absolute atomic E-state index is 13.0. The quantitative estimate of drug-likeness (QED) is 0.908. The Morgan fingerprint density at radius 2 is 1.92 bits per heavy atom. The van der Waals surface area contributed by atoms with E-state index in [1.165, 1.54) is 10.8 Å². The zero-order valence-electron chi connectivity index (χ0n) is 15.6. The molecule has 0 spiro atoms. The van der Waals surface area contributed by atoms with Gasteiger partial charge in [-0.1, -0.05) is 50.2 Å². The minimum Gasteiger partial charge on any atom is -0.378 e. The van der Waals surface area contributed by atoms with E-state index >= 15 is 0 Å². The molecule has 2 unspecified atom stereocenters. The van der Waals surface area contributed by atoms with Gasteiger partial charge in [-0.3, -0.25) is 4.79 Å². The van der Waals surface area contributed by atoms with Gasteiger partial charge in [0.2, 0.25) is 5.91 Å². The van der Waals surface area contributed by atoms with Crippen LogP contribution in [0.25, 0.3) is 10.8 Å². The fraction of sp³-hybridized carbons (Fsp3) is 0.476. The number of hydrogen-bond donors (Lipinski definition) is 1. The Labute approximate surface area is 149 Å². The summed E-state index contributed by atoms with van der Waals surface area (Å²) in [5.41, 5.74) is 6.40. The molecule has 0 aromatic heterocycles. The summed E-state index contributed by atoms with van der Waals surface area (Å²) in [6, 6.07) is 14.5. The molecule has 1 aliphatic rings. The molecular weight excluding hydrogens is 312 g/mol. The number of benzene rings is 2. The van der Waals surface area contributed by atoms with Crippen molar-refractivity contribution in [2.45, 2.75) is 45.4 Å². The van der Waals surface area contributed by atoms with Gasteiger partial charge < -0.3 is 15.4 Å². The number of fused-ring (bicyclic) bond motifs is 1. The van der Waals surface area contributed by atoms with E-state index in [4.69, 9.17) is 10.5 Å². The Kier molecular flexibility index (Phi) is 4.60. The molecule has 1 amide bonds. The predicted molar refractivity (Wildman–Crippen MR) is 101 cm³/mol. The Bertz CT molecular complexity index is 786. The van der Waals surface area contributed by atoms with Crippen LogP contribution in [-0.4, -0.2) is 36.1 Å². The number of nitrogens with two attached hydrogens (primary N) is 1. The van der Waals surface area contributed by atoms with Crippen LogP contribution in [0.15, 0.2) is 42.5 Å². The van der Waals surface area contributed by atoms with Crippen molar-refractivity contribution in [3.05, 3.63) is 48.0 Å². The third kappa shape index (κ3) is 2.94. The second-order valence-corrected chi connectivity index (χ2v) is 7.68. The molecule has 134 valence electrons. The predicted octanol–water partition coefficient (Wildman–Crippen LogP) is 3.33. The van der Waals surface area contributed by atoms with E-state index in [9.17, 15) is 4.79 Å². The number of nitrogens with zero attached hydrogens (tertiary/aromatic N) is 1. The summed E-state index contributed by atoms with van der Waals surface area (Å²) in [6.07, 6.45) is 0.620. The number of ether oxygens (including phenoxy) is 1. The van der Waals surface area contributed by atoms with Crippen molar-refractivity contribution < 1.29 is 9.53 Å². The van der Waals surface area contributed by atoms with Gasteiger partial charge in [-0.15, -0.1) is 0 Å². The lowest BCUT2D eigenvalue weighted by Crippen LogP contribution is -2.75. The van der Waals surface area contributed by atoms with Crippen LogP contribution in [-0.2, 0) is 16.1 Å². The lowest BCUT2D eigenvalue weighted by Gasteiger charge is -2.58. The summed E-state index contributed by atoms with van der Waals surface area (Å²) in [5, 5.41) is 2.39. The molecule has 0 radical (unpaired) electrons. The maximum atomic E-state index is 13.0. The molecule has 2 aromatic carbocycles. The SMILES string of the molecule is CCOC1CC(N)(C(=O)N(C)Cc2ccc3ccccc3c2)C1(C)C. The number of likely N-dealkylation sites (N-methyl/N-ethyl adjacent to an activating group) is 1. The number of amides is 1. The molecule has 0 heterocycles. The molecule has 0 aliphatic heterocycles. The van der Waals surface area contributed by atoms with Crippen LogP contribution < -0.4 is 5.73 Å². The van der Waals surface area contributed by atoms with Gasteiger partial charge in [0.05, 0.1) is 6.10 Å². The van der Waals surface area contributed by atoms with Crippen molar-refractivity contribution >= 4 is 16.7 Å². The summed E-state index contributed by atoms with van der Waals surface area (Å²) in [7, 11) is 1.83. The van der Waals surface area contributed by atoms with Gasteiger partial charge >= 0.3 is 0 Å². The van der Waals surface area contributed by atoms with Crippen LogP contribution in [0.4, 0.5) is 0 Å². The fourth-order valence-electron chi connectivity index (χ4n) is 3.82. The molecule has 3 rings (SSSR count). The zero-order valence-corrected chi connectivity index (χ0v) is 15.6. The van der Waals surface area contributed by atoms with E-state index in [0.717, 1.165) is 5.56 Å². The maximum Gasteiger partial charge on any atom is 0.243 e. The van der Waals surface area contributed by atoms with Crippen LogP contribution in [0.5, 0.6) is 0 Å². The lowest BCUT2D eigenvalue weighted by molar-refractivity contribution is -0.178. The average molecular weight is 340 g/mol. The Morgan fingerprint density at radius 3 is 2.56 bits per heavy atom. The van der Waals surface area contributed by atoms with Crippen LogP contribution in [0.2, 0.25) is 0 Å². The van der Waals surface area contributed by atoms with Crippen LogP contribution in [0.1, 0.15) is 32.8 Å². The second kappa shape index (κ2) is 6.43. The second-order valence-electron chi connectivity index (χ2n) is 7.68. The zero-order chi connectivity index (χ0) is 18.2. The van der Waals surface area contributed by atoms with Gasteiger partial charge in [0, 0.05) is 32.0 Å². The molecule has 25 heavy (non-hydrogen) atoms. The minimum atomic E-state index is -0.863. The van der Waals surface area contributed by atoms with Crippen LogP contribution in [0, 0.1) is 5.41 Å². The Hall–Kier alpha value is -1.91. The van der Waals surface area contributed by atoms with Gasteiger partial charge in [-0.2, -0.15) is 0 Å². The van der Waals surface area contributed by atoms with E-state index in [1.54, 1.807) is 4.90 Å². The van der Waals surface area contributed by atoms with Crippen molar-refractivity contribution in [2.24, 2.45) is 11.1 Å².